The maximum atomic E-state index is 14.1. The second-order valence-corrected chi connectivity index (χ2v) is 50.5. The molecule has 23 heteroatoms. The normalized spacial score (nSPS) is 20.6. The van der Waals surface area contributed by atoms with Crippen molar-refractivity contribution in [3.05, 3.63) is 257 Å². The number of aromatic nitrogens is 1. The molecule has 0 amide bonds. The molecule has 0 bridgehead atoms. The highest BCUT2D eigenvalue weighted by Gasteiger charge is 2.54. The first-order valence-electron chi connectivity index (χ1n) is 54.9. The van der Waals surface area contributed by atoms with Gasteiger partial charge < -0.3 is 54.6 Å². The van der Waals surface area contributed by atoms with Gasteiger partial charge in [-0.1, -0.05) is 250 Å². The van der Waals surface area contributed by atoms with Crippen LogP contribution in [0.15, 0.2) is 226 Å². The quantitative estimate of drug-likeness (QED) is 0.0135. The Balaban J connectivity index is 0.000000199. The standard InChI is InChI=1S/C34H55N2O4S.C32H43N2O3S.C30H46N2O3S.C26H37NO2S/c1-8-13-20-34(21-14-9-2)26-41(38,39)31-19-18-28(35(6)7)25-30(31)32(33(34)37)27-16-15-17-29(24-27)40-23-22-36(10-3,11-4)12-5;1-5-7-17-32(18-8-6-2)24-38(36,37)29-16-15-27(33(3)4)22-28(29)30(31(32)35)26-14-12-13-25(21-26)23-34-19-10-9-11-20-34;1-6-9-17-30(18-10-7-2)22-36(34,35)27-16-15-25(32(4)5)21-26(27)28(29(30)33)23-13-12-14-24(20-23)31-19-11-8-3;1-5-7-16-26(17-8-6-2)19-30(29)23-15-14-21(27(3)4)18-22(23)24(25(26)28)20-12-10-9-11-13-20/h15-19,24-25,32-33,37H,8-14,20-23,26H2,1-7H3;9-16,19-22,30-31,35H,5-8,17-18,23-24H2,1-4H3;12-16,20-21,28-29,31,33H,6-11,17-19,22H2,1-5H3;9-15,18,24-25,28H,5-8,16-17,19H2,1-4H3/q2*+1;;/t32-,33-;30-,31-;28-,29-;24-,25-,30?/m1111/s1. The van der Waals surface area contributed by atoms with E-state index in [1.54, 1.807) is 18.2 Å². The fraction of sp³-hybridized carbons (Fsp3) is 0.566. The highest BCUT2D eigenvalue weighted by atomic mass is 32.2. The number of likely N-dealkylation sites (N-methyl/N-ethyl adjacent to an activating group) is 1. The third-order valence-corrected chi connectivity index (χ3v) is 39.9. The van der Waals surface area contributed by atoms with E-state index in [1.807, 2.05) is 205 Å². The average Bonchev–Trinajstić information content (AvgIpc) is 1.60. The summed E-state index contributed by atoms with van der Waals surface area (Å²) in [6.07, 6.45) is 24.8. The van der Waals surface area contributed by atoms with Gasteiger partial charge in [-0.2, -0.15) is 0 Å². The average molecular weight is 2070 g/mol. The Hall–Kier alpha value is -8.49. The number of nitrogens with one attached hydrogen (secondary N) is 1. The van der Waals surface area contributed by atoms with Gasteiger partial charge in [0.05, 0.1) is 86.8 Å². The van der Waals surface area contributed by atoms with Crippen LogP contribution in [0, 0.1) is 21.7 Å². The van der Waals surface area contributed by atoms with E-state index in [9.17, 15) is 49.9 Å². The van der Waals surface area contributed by atoms with Crippen molar-refractivity contribution >= 4 is 68.7 Å². The van der Waals surface area contributed by atoms with E-state index in [0.29, 0.717) is 88.8 Å². The number of anilines is 5. The fourth-order valence-electron chi connectivity index (χ4n) is 23.2. The number of hydrogen-bond donors (Lipinski definition) is 5. The lowest BCUT2D eigenvalue weighted by Crippen LogP contribution is -2.49. The molecule has 0 saturated heterocycles. The molecule has 4 aliphatic heterocycles. The smallest absolute Gasteiger partial charge is 0.179 e. The van der Waals surface area contributed by atoms with Gasteiger partial charge in [-0.3, -0.25) is 4.21 Å². The van der Waals surface area contributed by atoms with Crippen LogP contribution in [0.4, 0.5) is 28.4 Å². The summed E-state index contributed by atoms with van der Waals surface area (Å²) >= 11 is 0. The van der Waals surface area contributed by atoms with Crippen LogP contribution in [0.1, 0.15) is 324 Å². The summed E-state index contributed by atoms with van der Waals surface area (Å²) in [6, 6.07) is 64.0. The Morgan fingerprint density at radius 3 is 1.08 bits per heavy atom. The maximum absolute atomic E-state index is 14.1. The van der Waals surface area contributed by atoms with Crippen molar-refractivity contribution in [3.63, 3.8) is 0 Å². The van der Waals surface area contributed by atoms with Gasteiger partial charge in [-0.15, -0.1) is 0 Å². The molecule has 0 saturated carbocycles. The number of benzene rings is 8. The van der Waals surface area contributed by atoms with E-state index < -0.39 is 98.7 Å². The second kappa shape index (κ2) is 54.8. The second-order valence-electron chi connectivity index (χ2n) is 43.2. The van der Waals surface area contributed by atoms with Gasteiger partial charge in [-0.25, -0.2) is 29.8 Å². The number of aliphatic hydroxyl groups excluding tert-OH is 4. The number of pyridine rings is 1. The van der Waals surface area contributed by atoms with Gasteiger partial charge in [0.15, 0.2) is 48.5 Å². The lowest BCUT2D eigenvalue weighted by molar-refractivity contribution is -0.923. The first-order valence-corrected chi connectivity index (χ1v) is 61.2. The summed E-state index contributed by atoms with van der Waals surface area (Å²) in [4.78, 5) is 10.0. The maximum Gasteiger partial charge on any atom is 0.179 e. The van der Waals surface area contributed by atoms with Crippen LogP contribution in [0.2, 0.25) is 0 Å². The molecule has 1 aromatic heterocycles. The first kappa shape index (κ1) is 118. The number of rotatable bonds is 45. The van der Waals surface area contributed by atoms with Crippen molar-refractivity contribution in [1.29, 1.82) is 0 Å². The zero-order chi connectivity index (χ0) is 106. The molecule has 798 valence electrons. The number of sulfone groups is 3. The van der Waals surface area contributed by atoms with E-state index >= 15 is 0 Å². The number of aliphatic hydroxyl groups is 4. The largest absolute Gasteiger partial charge is 0.488 e. The summed E-state index contributed by atoms with van der Waals surface area (Å²) in [7, 11) is 3.87. The van der Waals surface area contributed by atoms with Gasteiger partial charge in [-0.05, 0) is 226 Å². The molecule has 0 spiro atoms. The summed E-state index contributed by atoms with van der Waals surface area (Å²) in [5.74, 6) is -0.209. The highest BCUT2D eigenvalue weighted by molar-refractivity contribution is 7.92. The van der Waals surface area contributed by atoms with Crippen molar-refractivity contribution in [1.82, 2.24) is 0 Å². The third kappa shape index (κ3) is 29.2. The predicted octanol–water partition coefficient (Wildman–Crippen LogP) is 24.7. The van der Waals surface area contributed by atoms with Gasteiger partial charge in [0.2, 0.25) is 0 Å². The minimum atomic E-state index is -3.62. The van der Waals surface area contributed by atoms with Crippen LogP contribution in [-0.4, -0.2) is 198 Å². The monoisotopic (exact) mass is 2060 g/mol. The number of nitrogens with zero attached hydrogens (tertiary/aromatic N) is 6. The van der Waals surface area contributed by atoms with Crippen LogP contribution in [-0.2, 0) is 46.9 Å². The Bertz CT molecular complexity index is 5870. The molecule has 5 N–H and O–H groups in total. The fourth-order valence-corrected chi connectivity index (χ4v) is 31.6. The van der Waals surface area contributed by atoms with Crippen LogP contribution in [0.25, 0.3) is 0 Å². The molecule has 1 unspecified atom stereocenters. The summed E-state index contributed by atoms with van der Waals surface area (Å²) in [6.45, 7) is 32.4. The minimum Gasteiger partial charge on any atom is -0.488 e. The Kier molecular flexibility index (Phi) is 44.7. The van der Waals surface area contributed by atoms with Crippen LogP contribution in [0.5, 0.6) is 5.75 Å². The van der Waals surface area contributed by atoms with Crippen LogP contribution in [0.3, 0.4) is 0 Å². The molecule has 19 nitrogen and oxygen atoms in total. The van der Waals surface area contributed by atoms with E-state index in [0.717, 1.165) is 238 Å². The third-order valence-electron chi connectivity index (χ3n) is 32.3. The summed E-state index contributed by atoms with van der Waals surface area (Å²) in [5.41, 5.74) is 10.7. The molecule has 0 aliphatic carbocycles. The topological polar surface area (TPSA) is 239 Å². The Morgan fingerprint density at radius 1 is 0.366 bits per heavy atom. The number of quaternary nitrogens is 1. The predicted molar refractivity (Wildman–Crippen MR) is 605 cm³/mol. The van der Waals surface area contributed by atoms with Crippen LogP contribution < -0.4 is 34.2 Å². The van der Waals surface area contributed by atoms with E-state index in [1.165, 1.54) is 0 Å². The lowest BCUT2D eigenvalue weighted by Gasteiger charge is -2.40. The summed E-state index contributed by atoms with van der Waals surface area (Å²) in [5, 5.41) is 52.6. The number of hydrogen-bond acceptors (Lipinski definition) is 17. The number of ether oxygens (including phenoxy) is 1. The van der Waals surface area contributed by atoms with Gasteiger partial charge in [0, 0.05) is 165 Å². The van der Waals surface area contributed by atoms with Gasteiger partial charge in [0.25, 0.3) is 0 Å². The summed E-state index contributed by atoms with van der Waals surface area (Å²) < 4.78 is 107. The zero-order valence-corrected chi connectivity index (χ0v) is 95.0. The van der Waals surface area contributed by atoms with Crippen molar-refractivity contribution in [2.45, 2.75) is 324 Å². The molecular weight excluding hydrogens is 1880 g/mol. The SMILES string of the molecule is CCCCC1(CCCC)CS(=O)(=O)c2ccc(N(C)C)cc2[C@@H](c2cccc(C[n+]3ccccc3)c2)[C@H]1O.CCCCC1(CCCC)CS(=O)(=O)c2ccc(N(C)C)cc2[C@@H](c2cccc(OCC[N+](CC)(CC)CC)c2)[C@H]1O.CCCCC1(CCCC)CS(=O)c2ccc(N(C)C)cc2[C@@H](c2ccccc2)[C@H]1O.CCCCNc1cccc([C@@H]2c3cc(N(C)C)ccc3S(=O)(=O)CC(CCCC)(CCCC)[C@@H]2O)c1. The molecule has 9 atom stereocenters. The first-order chi connectivity index (χ1) is 69.3. The lowest BCUT2D eigenvalue weighted by atomic mass is 9.68. The van der Waals surface area contributed by atoms with Crippen molar-refractivity contribution in [2.24, 2.45) is 21.7 Å². The molecule has 13 rings (SSSR count). The van der Waals surface area contributed by atoms with Crippen LogP contribution >= 0.6 is 0 Å². The molecule has 9 aromatic rings. The molecule has 0 radical (unpaired) electrons. The number of unbranched alkanes of at least 4 members (excludes halogenated alkanes) is 9. The van der Waals surface area contributed by atoms with Crippen molar-refractivity contribution in [2.75, 3.05) is 144 Å². The van der Waals surface area contributed by atoms with Gasteiger partial charge in [0.1, 0.15) is 18.9 Å². The minimum absolute atomic E-state index is 0.000415. The van der Waals surface area contributed by atoms with E-state index in [4.69, 9.17) is 4.74 Å². The molecule has 5 heterocycles. The van der Waals surface area contributed by atoms with Crippen molar-refractivity contribution in [3.8, 4) is 5.75 Å². The highest BCUT2D eigenvalue weighted by Crippen LogP contribution is 2.56. The molecule has 8 aromatic carbocycles. The number of fused-ring (bicyclic) bond motifs is 4. The molecular formula is C122H181N7O12S4+2. The van der Waals surface area contributed by atoms with Crippen molar-refractivity contribution < 1.29 is 63.7 Å². The zero-order valence-electron chi connectivity index (χ0n) is 91.8. The molecule has 145 heavy (non-hydrogen) atoms. The Labute approximate surface area is 878 Å². The van der Waals surface area contributed by atoms with Gasteiger partial charge >= 0.3 is 0 Å². The molecule has 0 fully saturated rings. The van der Waals surface area contributed by atoms with E-state index in [-0.39, 0.29) is 28.6 Å². The van der Waals surface area contributed by atoms with E-state index in [2.05, 4.69) is 152 Å². The molecule has 4 aliphatic rings. The Morgan fingerprint density at radius 2 is 0.697 bits per heavy atom.